The van der Waals surface area contributed by atoms with Crippen LogP contribution in [0.15, 0.2) is 18.2 Å². The summed E-state index contributed by atoms with van der Waals surface area (Å²) in [5.74, 6) is -0.446. The number of carbonyl (C=O) groups is 3. The summed E-state index contributed by atoms with van der Waals surface area (Å²) < 4.78 is 5.30. The van der Waals surface area contributed by atoms with Crippen LogP contribution in [0.4, 0.5) is 4.79 Å². The molecule has 0 heterocycles. The first-order valence-corrected chi connectivity index (χ1v) is 12.9. The molecule has 3 amide bonds. The van der Waals surface area contributed by atoms with E-state index in [2.05, 4.69) is 24.5 Å². The molecule has 8 nitrogen and oxygen atoms in total. The third kappa shape index (κ3) is 10.2. The van der Waals surface area contributed by atoms with E-state index in [0.29, 0.717) is 17.9 Å². The summed E-state index contributed by atoms with van der Waals surface area (Å²) in [6, 6.07) is 3.15. The molecule has 204 valence electrons. The fraction of sp³-hybridized carbons (Fsp3) is 0.679. The summed E-state index contributed by atoms with van der Waals surface area (Å²) in [6.45, 7) is 18.3. The van der Waals surface area contributed by atoms with Crippen molar-refractivity contribution in [1.29, 1.82) is 0 Å². The van der Waals surface area contributed by atoms with Gasteiger partial charge >= 0.3 is 6.09 Å². The lowest BCUT2D eigenvalue weighted by molar-refractivity contribution is -0.146. The highest BCUT2D eigenvalue weighted by Crippen LogP contribution is 2.29. The van der Waals surface area contributed by atoms with Crippen molar-refractivity contribution in [2.24, 2.45) is 5.92 Å². The van der Waals surface area contributed by atoms with Crippen molar-refractivity contribution in [3.05, 3.63) is 34.9 Å². The lowest BCUT2D eigenvalue weighted by Crippen LogP contribution is -2.57. The van der Waals surface area contributed by atoms with Gasteiger partial charge in [0.15, 0.2) is 0 Å². The second-order valence-electron chi connectivity index (χ2n) is 11.4. The second kappa shape index (κ2) is 13.6. The zero-order chi connectivity index (χ0) is 27.8. The van der Waals surface area contributed by atoms with Gasteiger partial charge in [-0.3, -0.25) is 9.59 Å². The van der Waals surface area contributed by atoms with Crippen LogP contribution in [0.1, 0.15) is 91.0 Å². The molecule has 3 atom stereocenters. The summed E-state index contributed by atoms with van der Waals surface area (Å²) in [7, 11) is 0. The molecule has 0 saturated heterocycles. The van der Waals surface area contributed by atoms with Gasteiger partial charge in [-0.2, -0.15) is 0 Å². The van der Waals surface area contributed by atoms with Crippen molar-refractivity contribution in [3.8, 4) is 0 Å². The Bertz CT molecular complexity index is 871. The molecule has 0 aliphatic heterocycles. The molecule has 0 radical (unpaired) electrons. The normalized spacial score (nSPS) is 14.2. The summed E-state index contributed by atoms with van der Waals surface area (Å²) in [5, 5.41) is 15.6. The van der Waals surface area contributed by atoms with Crippen LogP contribution in [0, 0.1) is 19.8 Å². The van der Waals surface area contributed by atoms with Gasteiger partial charge in [-0.1, -0.05) is 43.2 Å². The van der Waals surface area contributed by atoms with E-state index in [4.69, 9.17) is 4.74 Å². The van der Waals surface area contributed by atoms with Gasteiger partial charge in [0.2, 0.25) is 11.8 Å². The molecule has 0 fully saturated rings. The Morgan fingerprint density at radius 3 is 1.94 bits per heavy atom. The first-order chi connectivity index (χ1) is 16.5. The van der Waals surface area contributed by atoms with E-state index in [1.807, 2.05) is 52.8 Å². The third-order valence-corrected chi connectivity index (χ3v) is 5.58. The topological polar surface area (TPSA) is 108 Å². The number of ether oxygens (including phenoxy) is 1. The van der Waals surface area contributed by atoms with Crippen LogP contribution in [0.2, 0.25) is 0 Å². The van der Waals surface area contributed by atoms with Crippen molar-refractivity contribution < 1.29 is 24.2 Å². The van der Waals surface area contributed by atoms with E-state index >= 15 is 0 Å². The molecule has 3 unspecified atom stereocenters. The molecule has 1 rings (SSSR count). The average molecular weight is 506 g/mol. The first-order valence-electron chi connectivity index (χ1n) is 12.9. The number of nitrogens with zero attached hydrogens (tertiary/aromatic N) is 1. The zero-order valence-electron chi connectivity index (χ0n) is 23.8. The molecule has 1 aromatic carbocycles. The van der Waals surface area contributed by atoms with E-state index in [0.717, 1.165) is 17.5 Å². The first kappa shape index (κ1) is 31.4. The predicted molar refractivity (Wildman–Crippen MR) is 143 cm³/mol. The summed E-state index contributed by atoms with van der Waals surface area (Å²) in [5.41, 5.74) is 1.86. The van der Waals surface area contributed by atoms with Crippen LogP contribution in [-0.2, 0) is 14.3 Å². The van der Waals surface area contributed by atoms with Gasteiger partial charge in [0.05, 0.1) is 6.61 Å². The van der Waals surface area contributed by atoms with E-state index in [-0.39, 0.29) is 18.0 Å². The van der Waals surface area contributed by atoms with Crippen molar-refractivity contribution in [2.45, 2.75) is 112 Å². The van der Waals surface area contributed by atoms with Gasteiger partial charge in [0.1, 0.15) is 17.7 Å². The van der Waals surface area contributed by atoms with Crippen LogP contribution in [-0.4, -0.2) is 58.2 Å². The Labute approximate surface area is 217 Å². The lowest BCUT2D eigenvalue weighted by Gasteiger charge is -2.39. The minimum Gasteiger partial charge on any atom is -0.444 e. The molecular weight excluding hydrogens is 458 g/mol. The van der Waals surface area contributed by atoms with Crippen LogP contribution in [0.5, 0.6) is 0 Å². The monoisotopic (exact) mass is 505 g/mol. The number of aliphatic hydroxyl groups is 1. The highest BCUT2D eigenvalue weighted by molar-refractivity contribution is 5.92. The van der Waals surface area contributed by atoms with Gasteiger partial charge in [-0.05, 0) is 79.7 Å². The molecule has 0 saturated carbocycles. The van der Waals surface area contributed by atoms with E-state index in [9.17, 15) is 19.5 Å². The van der Waals surface area contributed by atoms with Crippen LogP contribution in [0.25, 0.3) is 0 Å². The van der Waals surface area contributed by atoms with Crippen LogP contribution < -0.4 is 10.6 Å². The largest absolute Gasteiger partial charge is 0.444 e. The second-order valence-corrected chi connectivity index (χ2v) is 11.4. The van der Waals surface area contributed by atoms with Gasteiger partial charge < -0.3 is 25.4 Å². The van der Waals surface area contributed by atoms with Gasteiger partial charge in [-0.15, -0.1) is 0 Å². The Morgan fingerprint density at radius 2 is 1.50 bits per heavy atom. The highest BCUT2D eigenvalue weighted by atomic mass is 16.6. The molecule has 0 aliphatic carbocycles. The maximum absolute atomic E-state index is 14.0. The molecule has 0 aliphatic rings. The number of aryl methyl sites for hydroxylation is 2. The molecule has 1 aromatic rings. The molecule has 3 N–H and O–H groups in total. The Hall–Kier alpha value is -2.61. The molecule has 8 heteroatoms. The number of nitrogens with one attached hydrogen (secondary N) is 2. The highest BCUT2D eigenvalue weighted by Gasteiger charge is 2.39. The lowest BCUT2D eigenvalue weighted by atomic mass is 9.95. The number of alkyl carbamates (subject to hydrolysis) is 1. The van der Waals surface area contributed by atoms with Gasteiger partial charge in [0.25, 0.3) is 0 Å². The van der Waals surface area contributed by atoms with E-state index < -0.39 is 36.3 Å². The molecule has 0 spiro atoms. The number of carbonyl (C=O) groups excluding carboxylic acids is 3. The number of hydrogen-bond acceptors (Lipinski definition) is 5. The Morgan fingerprint density at radius 1 is 0.944 bits per heavy atom. The van der Waals surface area contributed by atoms with Crippen molar-refractivity contribution >= 4 is 17.9 Å². The average Bonchev–Trinajstić information content (AvgIpc) is 2.70. The van der Waals surface area contributed by atoms with Crippen molar-refractivity contribution in [2.75, 3.05) is 6.61 Å². The van der Waals surface area contributed by atoms with Crippen molar-refractivity contribution in [3.63, 3.8) is 0 Å². The number of rotatable bonds is 11. The number of amides is 3. The number of hydrogen-bond donors (Lipinski definition) is 3. The van der Waals surface area contributed by atoms with Gasteiger partial charge in [0, 0.05) is 12.1 Å². The minimum absolute atomic E-state index is 0.137. The standard InChI is InChI=1S/C28H47N3O5/c1-17(2)11-12-21(7)31(26(34)23(16-32)30-27(35)36-28(8,9)10)24(25(33)29-18(3)4)22-14-19(5)13-20(6)15-22/h13-15,17-18,21,23-24,32H,11-12,16H2,1-10H3,(H,29,33)(H,30,35). The summed E-state index contributed by atoms with van der Waals surface area (Å²) in [4.78, 5) is 41.5. The molecule has 0 aromatic heterocycles. The third-order valence-electron chi connectivity index (χ3n) is 5.58. The molecular formula is C28H47N3O5. The van der Waals surface area contributed by atoms with Crippen LogP contribution >= 0.6 is 0 Å². The van der Waals surface area contributed by atoms with E-state index in [1.54, 1.807) is 20.8 Å². The Balaban J connectivity index is 3.57. The molecule has 36 heavy (non-hydrogen) atoms. The smallest absolute Gasteiger partial charge is 0.408 e. The quantitative estimate of drug-likeness (QED) is 0.413. The van der Waals surface area contributed by atoms with Crippen LogP contribution in [0.3, 0.4) is 0 Å². The number of aliphatic hydroxyl groups excluding tert-OH is 1. The SMILES string of the molecule is Cc1cc(C)cc(C(C(=O)NC(C)C)N(C(=O)C(CO)NC(=O)OC(C)(C)C)C(C)CCC(C)C)c1. The fourth-order valence-electron chi connectivity index (χ4n) is 4.10. The maximum Gasteiger partial charge on any atom is 0.408 e. The molecule has 0 bridgehead atoms. The van der Waals surface area contributed by atoms with Gasteiger partial charge in [-0.25, -0.2) is 4.79 Å². The predicted octanol–water partition coefficient (Wildman–Crippen LogP) is 4.41. The summed E-state index contributed by atoms with van der Waals surface area (Å²) >= 11 is 0. The number of benzene rings is 1. The zero-order valence-corrected chi connectivity index (χ0v) is 23.8. The van der Waals surface area contributed by atoms with E-state index in [1.165, 1.54) is 4.90 Å². The maximum atomic E-state index is 14.0. The fourth-order valence-corrected chi connectivity index (χ4v) is 4.10. The minimum atomic E-state index is -1.26. The summed E-state index contributed by atoms with van der Waals surface area (Å²) in [6.07, 6.45) is 0.698. The van der Waals surface area contributed by atoms with Crippen molar-refractivity contribution in [1.82, 2.24) is 15.5 Å². The Kier molecular flexibility index (Phi) is 11.9.